The van der Waals surface area contributed by atoms with Gasteiger partial charge in [0, 0.05) is 23.1 Å². The van der Waals surface area contributed by atoms with E-state index in [1.807, 2.05) is 18.2 Å². The zero-order valence-electron chi connectivity index (χ0n) is 22.8. The number of methoxy groups -OCH3 is 1. The lowest BCUT2D eigenvalue weighted by Crippen LogP contribution is -2.51. The smallest absolute Gasteiger partial charge is 0.401 e. The topological polar surface area (TPSA) is 75.0 Å². The van der Waals surface area contributed by atoms with Gasteiger partial charge in [-0.15, -0.1) is 0 Å². The van der Waals surface area contributed by atoms with Crippen molar-refractivity contribution in [3.8, 4) is 22.6 Å². The molecule has 9 heteroatoms. The number of halogens is 3. The zero-order chi connectivity index (χ0) is 29.1. The van der Waals surface area contributed by atoms with Crippen LogP contribution in [0.3, 0.4) is 0 Å². The van der Waals surface area contributed by atoms with Crippen LogP contribution in [0.4, 0.5) is 13.2 Å². The number of rotatable bonds is 10. The van der Waals surface area contributed by atoms with Gasteiger partial charge in [0.05, 0.1) is 12.7 Å². The van der Waals surface area contributed by atoms with E-state index in [0.717, 1.165) is 44.2 Å². The van der Waals surface area contributed by atoms with Crippen LogP contribution in [-0.2, 0) is 16.0 Å². The average molecular weight is 559 g/mol. The second-order valence-corrected chi connectivity index (χ2v) is 10.2. The Hall–Kier alpha value is -3.75. The molecule has 0 radical (unpaired) electrons. The fourth-order valence-electron chi connectivity index (χ4n) is 5.24. The lowest BCUT2D eigenvalue weighted by atomic mass is 9.83. The van der Waals surface area contributed by atoms with E-state index in [0.29, 0.717) is 22.3 Å². The first-order valence-electron chi connectivity index (χ1n) is 13.3. The minimum atomic E-state index is -4.71. The Balaban J connectivity index is 1.62. The van der Waals surface area contributed by atoms with E-state index in [9.17, 15) is 22.8 Å². The molecule has 1 aliphatic carbocycles. The normalized spacial score (nSPS) is 20.9. The fourth-order valence-corrected chi connectivity index (χ4v) is 5.24. The van der Waals surface area contributed by atoms with E-state index in [1.165, 1.54) is 12.1 Å². The van der Waals surface area contributed by atoms with Crippen molar-refractivity contribution in [1.29, 1.82) is 0 Å². The van der Waals surface area contributed by atoms with E-state index in [2.05, 4.69) is 13.5 Å². The summed E-state index contributed by atoms with van der Waals surface area (Å²) < 4.78 is 64.6. The number of hydrogen-bond donors (Lipinski definition) is 0. The lowest BCUT2D eigenvalue weighted by Gasteiger charge is -2.37. The van der Waals surface area contributed by atoms with Crippen LogP contribution in [0.25, 0.3) is 22.1 Å². The molecule has 1 fully saturated rings. The Morgan fingerprint density at radius 1 is 1.10 bits per heavy atom. The summed E-state index contributed by atoms with van der Waals surface area (Å²) in [6.07, 6.45) is -2.40. The van der Waals surface area contributed by atoms with Gasteiger partial charge in [0.2, 0.25) is 0 Å². The van der Waals surface area contributed by atoms with Crippen molar-refractivity contribution < 1.29 is 36.6 Å². The third-order valence-corrected chi connectivity index (χ3v) is 7.68. The number of hydrogen-bond acceptors (Lipinski definition) is 6. The molecule has 0 amide bonds. The number of unbranched alkanes of at least 4 members (excludes halogenated alkanes) is 2. The molecular weight excluding hydrogens is 525 g/mol. The highest BCUT2D eigenvalue weighted by Crippen LogP contribution is 2.53. The second kappa shape index (κ2) is 11.8. The first-order valence-corrected chi connectivity index (χ1v) is 13.3. The van der Waals surface area contributed by atoms with Crippen LogP contribution in [0.5, 0.6) is 11.5 Å². The van der Waals surface area contributed by atoms with Gasteiger partial charge in [0.15, 0.2) is 0 Å². The Labute approximate surface area is 230 Å². The molecular formula is C31H33F3O6. The van der Waals surface area contributed by atoms with Gasteiger partial charge in [-0.1, -0.05) is 38.5 Å². The maximum Gasteiger partial charge on any atom is 0.401 e. The van der Waals surface area contributed by atoms with Crippen LogP contribution in [0, 0.1) is 5.41 Å². The first kappa shape index (κ1) is 29.2. The summed E-state index contributed by atoms with van der Waals surface area (Å²) in [4.78, 5) is 24.7. The summed E-state index contributed by atoms with van der Waals surface area (Å²) >= 11 is 0. The summed E-state index contributed by atoms with van der Waals surface area (Å²) in [5.41, 5.74) is -0.873. The third kappa shape index (κ3) is 5.74. The van der Waals surface area contributed by atoms with Crippen molar-refractivity contribution in [2.45, 2.75) is 70.8 Å². The van der Waals surface area contributed by atoms with Gasteiger partial charge >= 0.3 is 17.8 Å². The molecule has 2 aromatic carbocycles. The van der Waals surface area contributed by atoms with E-state index in [1.54, 1.807) is 19.2 Å². The second-order valence-electron chi connectivity index (χ2n) is 10.2. The molecule has 214 valence electrons. The molecule has 1 heterocycles. The lowest BCUT2D eigenvalue weighted by molar-refractivity contribution is -0.262. The van der Waals surface area contributed by atoms with Crippen LogP contribution in [-0.4, -0.2) is 31.5 Å². The number of alkyl halides is 3. The van der Waals surface area contributed by atoms with Gasteiger partial charge in [-0.2, -0.15) is 13.2 Å². The molecule has 0 bridgehead atoms. The van der Waals surface area contributed by atoms with E-state index in [-0.39, 0.29) is 24.2 Å². The van der Waals surface area contributed by atoms with Crippen LogP contribution >= 0.6 is 0 Å². The molecule has 3 aromatic rings. The number of ether oxygens (including phenoxy) is 3. The Morgan fingerprint density at radius 3 is 2.52 bits per heavy atom. The fraction of sp³-hybridized carbons (Fsp3) is 0.419. The number of carbonyl (C=O) groups excluding carboxylic acids is 1. The predicted octanol–water partition coefficient (Wildman–Crippen LogP) is 7.41. The number of esters is 1. The quantitative estimate of drug-likeness (QED) is 0.112. The standard InChI is InChI=1S/C31H33F3O6/c1-5-7-8-9-19-10-13-22(25(16-19)37-4)23-17-20-11-12-21(18-24(20)39-29(23)36)38-26-14-15-27(40-28(35)6-2)30(26,3)31(32,33)34/h6,10-13,16-18,26-27H,2,5,7-9,14-15H2,1,3-4H3. The van der Waals surface area contributed by atoms with Gasteiger partial charge in [-0.05, 0) is 62.4 Å². The molecule has 1 saturated carbocycles. The van der Waals surface area contributed by atoms with E-state index >= 15 is 0 Å². The van der Waals surface area contributed by atoms with Gasteiger partial charge in [0.25, 0.3) is 0 Å². The molecule has 6 nitrogen and oxygen atoms in total. The summed E-state index contributed by atoms with van der Waals surface area (Å²) in [6.45, 7) is 6.39. The molecule has 0 saturated heterocycles. The van der Waals surface area contributed by atoms with Crippen molar-refractivity contribution in [2.75, 3.05) is 7.11 Å². The van der Waals surface area contributed by atoms with E-state index in [4.69, 9.17) is 18.6 Å². The third-order valence-electron chi connectivity index (χ3n) is 7.68. The van der Waals surface area contributed by atoms with Crippen LogP contribution in [0.2, 0.25) is 0 Å². The molecule has 0 N–H and O–H groups in total. The monoisotopic (exact) mass is 558 g/mol. The van der Waals surface area contributed by atoms with Crippen LogP contribution in [0.15, 0.2) is 64.3 Å². The van der Waals surface area contributed by atoms with Crippen LogP contribution in [0.1, 0.15) is 51.5 Å². The number of benzene rings is 2. The Bertz CT molecular complexity index is 1440. The summed E-state index contributed by atoms with van der Waals surface area (Å²) in [6, 6.07) is 11.9. The van der Waals surface area contributed by atoms with Crippen LogP contribution < -0.4 is 15.1 Å². The molecule has 40 heavy (non-hydrogen) atoms. The first-order chi connectivity index (χ1) is 19.0. The number of carbonyl (C=O) groups is 1. The van der Waals surface area contributed by atoms with Gasteiger partial charge in [-0.3, -0.25) is 0 Å². The minimum Gasteiger partial charge on any atom is -0.496 e. The van der Waals surface area contributed by atoms with Crippen molar-refractivity contribution in [2.24, 2.45) is 5.41 Å². The number of aryl methyl sites for hydroxylation is 1. The van der Waals surface area contributed by atoms with E-state index < -0.39 is 35.4 Å². The van der Waals surface area contributed by atoms with Crippen molar-refractivity contribution in [1.82, 2.24) is 0 Å². The zero-order valence-corrected chi connectivity index (χ0v) is 22.8. The predicted molar refractivity (Wildman–Crippen MR) is 146 cm³/mol. The molecule has 3 unspecified atom stereocenters. The summed E-state index contributed by atoms with van der Waals surface area (Å²) in [7, 11) is 1.54. The number of fused-ring (bicyclic) bond motifs is 1. The van der Waals surface area contributed by atoms with Crippen molar-refractivity contribution >= 4 is 16.9 Å². The SMILES string of the molecule is C=CC(=O)OC1CCC(Oc2ccc3cc(-c4ccc(CCCCC)cc4OC)c(=O)oc3c2)C1(C)C(F)(F)F. The highest BCUT2D eigenvalue weighted by Gasteiger charge is 2.66. The maximum absolute atomic E-state index is 14.2. The molecule has 1 aliphatic rings. The van der Waals surface area contributed by atoms with Gasteiger partial charge < -0.3 is 18.6 Å². The highest BCUT2D eigenvalue weighted by atomic mass is 19.4. The Kier molecular flexibility index (Phi) is 8.61. The molecule has 0 spiro atoms. The molecule has 1 aromatic heterocycles. The minimum absolute atomic E-state index is 0.0141. The Morgan fingerprint density at radius 2 is 1.85 bits per heavy atom. The summed E-state index contributed by atoms with van der Waals surface area (Å²) in [5.74, 6) is -0.263. The van der Waals surface area contributed by atoms with Crippen molar-refractivity contribution in [3.63, 3.8) is 0 Å². The highest BCUT2D eigenvalue weighted by molar-refractivity contribution is 5.84. The molecule has 0 aliphatic heterocycles. The molecule has 3 atom stereocenters. The van der Waals surface area contributed by atoms with Gasteiger partial charge in [-0.25, -0.2) is 9.59 Å². The average Bonchev–Trinajstić information content (AvgIpc) is 3.24. The largest absolute Gasteiger partial charge is 0.496 e. The van der Waals surface area contributed by atoms with Crippen molar-refractivity contribution in [3.05, 3.63) is 71.1 Å². The summed E-state index contributed by atoms with van der Waals surface area (Å²) in [5, 5.41) is 0.568. The molecule has 4 rings (SSSR count). The van der Waals surface area contributed by atoms with Gasteiger partial charge in [0.1, 0.15) is 34.7 Å². The maximum atomic E-state index is 14.2.